The van der Waals surface area contributed by atoms with Crippen molar-refractivity contribution in [2.45, 2.75) is 33.0 Å². The molecule has 8 heteroatoms. The van der Waals surface area contributed by atoms with E-state index in [0.29, 0.717) is 18.1 Å². The van der Waals surface area contributed by atoms with Gasteiger partial charge in [0.05, 0.1) is 12.6 Å². The summed E-state index contributed by atoms with van der Waals surface area (Å²) in [6.45, 7) is 6.40. The van der Waals surface area contributed by atoms with E-state index in [9.17, 15) is 0 Å². The van der Waals surface area contributed by atoms with Crippen LogP contribution in [-0.4, -0.2) is 31.8 Å². The van der Waals surface area contributed by atoms with Gasteiger partial charge in [0.1, 0.15) is 6.33 Å². The standard InChI is InChI=1S/C11H16N6OS/c1-7(2)18-9-10(12)15-19-11(9)16-3-4-17-6-13-14-8(17)5-16/h6-7H,3-5H2,1-2H3,(H2,12,15). The molecule has 0 bridgehead atoms. The third kappa shape index (κ3) is 2.23. The molecule has 1 aliphatic rings. The number of nitrogens with two attached hydrogens (primary N) is 1. The molecule has 0 aromatic carbocycles. The summed E-state index contributed by atoms with van der Waals surface area (Å²) < 4.78 is 12.0. The van der Waals surface area contributed by atoms with Crippen molar-refractivity contribution in [1.29, 1.82) is 0 Å². The molecular weight excluding hydrogens is 264 g/mol. The first-order valence-corrected chi connectivity index (χ1v) is 6.96. The Balaban J connectivity index is 1.87. The van der Waals surface area contributed by atoms with E-state index >= 15 is 0 Å². The Labute approximate surface area is 115 Å². The van der Waals surface area contributed by atoms with E-state index in [2.05, 4.69) is 24.0 Å². The van der Waals surface area contributed by atoms with Gasteiger partial charge in [-0.1, -0.05) is 0 Å². The molecule has 2 aromatic rings. The second-order valence-corrected chi connectivity index (χ2v) is 5.48. The molecule has 0 fully saturated rings. The van der Waals surface area contributed by atoms with Gasteiger partial charge >= 0.3 is 0 Å². The van der Waals surface area contributed by atoms with Crippen molar-refractivity contribution in [3.8, 4) is 5.75 Å². The van der Waals surface area contributed by atoms with Crippen LogP contribution in [0.4, 0.5) is 10.8 Å². The third-order valence-corrected chi connectivity index (χ3v) is 3.84. The molecule has 1 aliphatic heterocycles. The number of rotatable bonds is 3. The number of anilines is 2. The average molecular weight is 280 g/mol. The normalized spacial score (nSPS) is 14.8. The third-order valence-electron chi connectivity index (χ3n) is 2.94. The van der Waals surface area contributed by atoms with Gasteiger partial charge in [-0.05, 0) is 25.4 Å². The Morgan fingerprint density at radius 1 is 1.42 bits per heavy atom. The summed E-state index contributed by atoms with van der Waals surface area (Å²) in [6, 6.07) is 0. The summed E-state index contributed by atoms with van der Waals surface area (Å²) in [6.07, 6.45) is 1.84. The molecule has 0 atom stereocenters. The minimum Gasteiger partial charge on any atom is -0.484 e. The smallest absolute Gasteiger partial charge is 0.198 e. The van der Waals surface area contributed by atoms with Crippen molar-refractivity contribution in [3.63, 3.8) is 0 Å². The molecule has 0 saturated carbocycles. The van der Waals surface area contributed by atoms with Crippen molar-refractivity contribution in [3.05, 3.63) is 12.2 Å². The molecule has 0 aliphatic carbocycles. The highest BCUT2D eigenvalue weighted by molar-refractivity contribution is 7.11. The highest BCUT2D eigenvalue weighted by atomic mass is 32.1. The molecule has 0 spiro atoms. The molecule has 2 N–H and O–H groups in total. The zero-order valence-corrected chi connectivity index (χ0v) is 11.7. The first-order chi connectivity index (χ1) is 9.15. The fraction of sp³-hybridized carbons (Fsp3) is 0.545. The summed E-state index contributed by atoms with van der Waals surface area (Å²) in [5.74, 6) is 2.10. The molecule has 0 saturated heterocycles. The SMILES string of the molecule is CC(C)Oc1c(N)nsc1N1CCn2cnnc2C1. The minimum atomic E-state index is 0.0749. The molecule has 3 rings (SSSR count). The second kappa shape index (κ2) is 4.69. The van der Waals surface area contributed by atoms with Gasteiger partial charge in [-0.2, -0.15) is 4.37 Å². The van der Waals surface area contributed by atoms with Crippen LogP contribution in [0.25, 0.3) is 0 Å². The zero-order chi connectivity index (χ0) is 13.4. The van der Waals surface area contributed by atoms with Gasteiger partial charge in [0.25, 0.3) is 0 Å². The van der Waals surface area contributed by atoms with Gasteiger partial charge in [-0.25, -0.2) is 0 Å². The van der Waals surface area contributed by atoms with Gasteiger partial charge in [0.2, 0.25) is 0 Å². The van der Waals surface area contributed by atoms with Crippen LogP contribution in [0.1, 0.15) is 19.7 Å². The topological polar surface area (TPSA) is 82.1 Å². The van der Waals surface area contributed by atoms with Crippen molar-refractivity contribution < 1.29 is 4.74 Å². The number of hydrogen-bond donors (Lipinski definition) is 1. The van der Waals surface area contributed by atoms with E-state index in [1.807, 2.05) is 13.8 Å². The Kier molecular flexibility index (Phi) is 3.02. The first-order valence-electron chi connectivity index (χ1n) is 6.18. The van der Waals surface area contributed by atoms with Crippen LogP contribution in [0, 0.1) is 0 Å². The maximum Gasteiger partial charge on any atom is 0.198 e. The van der Waals surface area contributed by atoms with Gasteiger partial charge < -0.3 is 19.9 Å². The van der Waals surface area contributed by atoms with Crippen LogP contribution in [-0.2, 0) is 13.1 Å². The molecule has 0 radical (unpaired) electrons. The molecule has 19 heavy (non-hydrogen) atoms. The van der Waals surface area contributed by atoms with Crippen LogP contribution in [0.2, 0.25) is 0 Å². The van der Waals surface area contributed by atoms with E-state index in [0.717, 1.165) is 23.9 Å². The Morgan fingerprint density at radius 2 is 2.26 bits per heavy atom. The highest BCUT2D eigenvalue weighted by Gasteiger charge is 2.24. The Hall–Kier alpha value is -1.83. The Morgan fingerprint density at radius 3 is 3.05 bits per heavy atom. The van der Waals surface area contributed by atoms with Crippen molar-refractivity contribution >= 4 is 22.4 Å². The van der Waals surface area contributed by atoms with Crippen LogP contribution in [0.3, 0.4) is 0 Å². The fourth-order valence-corrected chi connectivity index (χ4v) is 2.85. The Bertz CT molecular complexity index is 578. The van der Waals surface area contributed by atoms with Gasteiger partial charge in [-0.15, -0.1) is 10.2 Å². The zero-order valence-electron chi connectivity index (χ0n) is 10.9. The molecule has 0 amide bonds. The maximum atomic E-state index is 5.89. The van der Waals surface area contributed by atoms with E-state index in [-0.39, 0.29) is 6.10 Å². The lowest BCUT2D eigenvalue weighted by Crippen LogP contribution is -2.33. The van der Waals surface area contributed by atoms with Crippen molar-refractivity contribution in [1.82, 2.24) is 19.1 Å². The van der Waals surface area contributed by atoms with Crippen molar-refractivity contribution in [2.24, 2.45) is 0 Å². The van der Waals surface area contributed by atoms with Crippen LogP contribution in [0.5, 0.6) is 5.75 Å². The van der Waals surface area contributed by atoms with Gasteiger partial charge in [-0.3, -0.25) is 0 Å². The van der Waals surface area contributed by atoms with E-state index in [1.54, 1.807) is 6.33 Å². The fourth-order valence-electron chi connectivity index (χ4n) is 2.07. The number of fused-ring (bicyclic) bond motifs is 1. The average Bonchev–Trinajstić information content (AvgIpc) is 2.96. The predicted molar refractivity (Wildman–Crippen MR) is 73.4 cm³/mol. The lowest BCUT2D eigenvalue weighted by molar-refractivity contribution is 0.244. The summed E-state index contributed by atoms with van der Waals surface area (Å²) in [5.41, 5.74) is 5.89. The number of ether oxygens (including phenoxy) is 1. The predicted octanol–water partition coefficient (Wildman–Crippen LogP) is 1.12. The van der Waals surface area contributed by atoms with E-state index < -0.39 is 0 Å². The molecular formula is C11H16N6OS. The summed E-state index contributed by atoms with van der Waals surface area (Å²) in [5, 5.41) is 9.01. The van der Waals surface area contributed by atoms with Crippen LogP contribution in [0.15, 0.2) is 6.33 Å². The van der Waals surface area contributed by atoms with Crippen LogP contribution >= 0.6 is 11.5 Å². The molecule has 2 aromatic heterocycles. The molecule has 7 nitrogen and oxygen atoms in total. The summed E-state index contributed by atoms with van der Waals surface area (Å²) in [7, 11) is 0. The number of nitrogen functional groups attached to an aromatic ring is 1. The quantitative estimate of drug-likeness (QED) is 0.907. The monoisotopic (exact) mass is 280 g/mol. The maximum absolute atomic E-state index is 5.89. The number of hydrogen-bond acceptors (Lipinski definition) is 7. The summed E-state index contributed by atoms with van der Waals surface area (Å²) in [4.78, 5) is 2.19. The highest BCUT2D eigenvalue weighted by Crippen LogP contribution is 2.40. The minimum absolute atomic E-state index is 0.0749. The largest absolute Gasteiger partial charge is 0.484 e. The van der Waals surface area contributed by atoms with E-state index in [4.69, 9.17) is 10.5 Å². The number of aromatic nitrogens is 4. The van der Waals surface area contributed by atoms with Crippen LogP contribution < -0.4 is 15.4 Å². The number of nitrogens with zero attached hydrogens (tertiary/aromatic N) is 5. The molecule has 0 unspecified atom stereocenters. The van der Waals surface area contributed by atoms with Crippen molar-refractivity contribution in [2.75, 3.05) is 17.2 Å². The lowest BCUT2D eigenvalue weighted by Gasteiger charge is -2.28. The molecule has 3 heterocycles. The van der Waals surface area contributed by atoms with Gasteiger partial charge in [0.15, 0.2) is 22.4 Å². The second-order valence-electron chi connectivity index (χ2n) is 4.73. The van der Waals surface area contributed by atoms with Gasteiger partial charge in [0, 0.05) is 13.1 Å². The first kappa shape index (κ1) is 12.2. The van der Waals surface area contributed by atoms with E-state index in [1.165, 1.54) is 11.5 Å². The molecule has 102 valence electrons. The summed E-state index contributed by atoms with van der Waals surface area (Å²) >= 11 is 1.37. The lowest BCUT2D eigenvalue weighted by atomic mass is 10.3.